The first kappa shape index (κ1) is 19.1. The van der Waals surface area contributed by atoms with E-state index < -0.39 is 22.5 Å². The van der Waals surface area contributed by atoms with Gasteiger partial charge < -0.3 is 10.6 Å². The molecule has 7 heteroatoms. The molecule has 1 aliphatic heterocycles. The number of nitrogens with zero attached hydrogens (tertiary/aromatic N) is 2. The Hall–Kier alpha value is -1.99. The smallest absolute Gasteiger partial charge is 0.243 e. The van der Waals surface area contributed by atoms with E-state index in [9.17, 15) is 20.1 Å². The molecule has 23 heavy (non-hydrogen) atoms. The van der Waals surface area contributed by atoms with Gasteiger partial charge in [0.15, 0.2) is 0 Å². The Morgan fingerprint density at radius 2 is 2.00 bits per heavy atom. The molecule has 0 aromatic heterocycles. The van der Waals surface area contributed by atoms with E-state index in [4.69, 9.17) is 0 Å². The van der Waals surface area contributed by atoms with Crippen LogP contribution in [0.2, 0.25) is 0 Å². The summed E-state index contributed by atoms with van der Waals surface area (Å²) in [4.78, 5) is 24.2. The lowest BCUT2D eigenvalue weighted by molar-refractivity contribution is -0.125. The third-order valence-corrected chi connectivity index (χ3v) is 4.79. The van der Waals surface area contributed by atoms with E-state index in [1.54, 1.807) is 20.8 Å². The van der Waals surface area contributed by atoms with Crippen molar-refractivity contribution in [1.82, 2.24) is 10.6 Å². The summed E-state index contributed by atoms with van der Waals surface area (Å²) in [6.07, 6.45) is 0. The molecule has 0 unspecified atom stereocenters. The fraction of sp³-hybridized carbons (Fsp3) is 0.625. The topological polar surface area (TPSA) is 106 Å². The first-order valence-corrected chi connectivity index (χ1v) is 8.32. The predicted molar refractivity (Wildman–Crippen MR) is 88.6 cm³/mol. The van der Waals surface area contributed by atoms with Gasteiger partial charge in [0, 0.05) is 12.0 Å². The number of rotatable bonds is 5. The van der Waals surface area contributed by atoms with Crippen LogP contribution in [-0.4, -0.2) is 23.6 Å². The van der Waals surface area contributed by atoms with Gasteiger partial charge in [-0.15, -0.1) is 0 Å². The van der Waals surface area contributed by atoms with Crippen LogP contribution in [0.25, 0.3) is 0 Å². The number of hydrogen-bond donors (Lipinski definition) is 2. The quantitative estimate of drug-likeness (QED) is 0.799. The second-order valence-corrected chi connectivity index (χ2v) is 7.84. The van der Waals surface area contributed by atoms with E-state index in [0.717, 1.165) is 11.8 Å². The molecule has 2 N–H and O–H groups in total. The molecule has 1 aliphatic rings. The van der Waals surface area contributed by atoms with Gasteiger partial charge in [-0.2, -0.15) is 10.5 Å². The zero-order chi connectivity index (χ0) is 17.8. The predicted octanol–water partition coefficient (Wildman–Crippen LogP) is 1.91. The van der Waals surface area contributed by atoms with E-state index in [1.165, 1.54) is 0 Å². The van der Waals surface area contributed by atoms with Crippen molar-refractivity contribution in [2.45, 2.75) is 39.9 Å². The number of nitriles is 2. The second kappa shape index (κ2) is 7.52. The fourth-order valence-electron chi connectivity index (χ4n) is 2.19. The molecule has 6 nitrogen and oxygen atoms in total. The maximum atomic E-state index is 12.1. The number of thioether (sulfide) groups is 1. The van der Waals surface area contributed by atoms with Crippen LogP contribution in [0.5, 0.6) is 0 Å². The van der Waals surface area contributed by atoms with Crippen molar-refractivity contribution >= 4 is 23.6 Å². The number of carbonyl (C=O) groups is 2. The summed E-state index contributed by atoms with van der Waals surface area (Å²) in [5.74, 6) is -1.17. The average molecular weight is 334 g/mol. The molecule has 1 heterocycles. The number of amides is 2. The van der Waals surface area contributed by atoms with Crippen LogP contribution in [0.1, 0.15) is 34.6 Å². The number of hydrogen-bond acceptors (Lipinski definition) is 5. The zero-order valence-corrected chi connectivity index (χ0v) is 14.9. The summed E-state index contributed by atoms with van der Waals surface area (Å²) in [6, 6.07) is 4.04. The minimum absolute atomic E-state index is 0.150. The summed E-state index contributed by atoms with van der Waals surface area (Å²) >= 11 is 1.14. The molecule has 0 saturated carbocycles. The van der Waals surface area contributed by atoms with Crippen LogP contribution < -0.4 is 10.6 Å². The van der Waals surface area contributed by atoms with Gasteiger partial charge >= 0.3 is 0 Å². The largest absolute Gasteiger partial charge is 0.355 e. The van der Waals surface area contributed by atoms with Gasteiger partial charge in [0.1, 0.15) is 5.92 Å². The minimum Gasteiger partial charge on any atom is -0.355 e. The van der Waals surface area contributed by atoms with Gasteiger partial charge in [0.2, 0.25) is 11.8 Å². The molecule has 2 amide bonds. The molecule has 0 saturated heterocycles. The maximum absolute atomic E-state index is 12.1. The molecule has 0 bridgehead atoms. The highest BCUT2D eigenvalue weighted by Gasteiger charge is 2.45. The molecule has 0 aromatic carbocycles. The first-order valence-electron chi connectivity index (χ1n) is 7.44. The second-order valence-electron chi connectivity index (χ2n) is 6.49. The third-order valence-electron chi connectivity index (χ3n) is 3.68. The normalized spacial score (nSPS) is 21.2. The van der Waals surface area contributed by atoms with Crippen molar-refractivity contribution in [3.63, 3.8) is 0 Å². The van der Waals surface area contributed by atoms with Crippen molar-refractivity contribution < 1.29 is 9.59 Å². The zero-order valence-electron chi connectivity index (χ0n) is 14.1. The lowest BCUT2D eigenvalue weighted by Gasteiger charge is -2.35. The minimum atomic E-state index is -0.924. The summed E-state index contributed by atoms with van der Waals surface area (Å²) in [5.41, 5.74) is -0.556. The fourth-order valence-corrected chi connectivity index (χ4v) is 3.32. The van der Waals surface area contributed by atoms with E-state index >= 15 is 0 Å². The van der Waals surface area contributed by atoms with Crippen LogP contribution in [-0.2, 0) is 9.59 Å². The lowest BCUT2D eigenvalue weighted by Crippen LogP contribution is -2.45. The van der Waals surface area contributed by atoms with Crippen LogP contribution >= 0.6 is 11.8 Å². The molecule has 0 spiro atoms. The lowest BCUT2D eigenvalue weighted by atomic mass is 9.72. The molecular weight excluding hydrogens is 312 g/mol. The molecule has 0 fully saturated rings. The molecular formula is C16H22N4O2S. The standard InChI is InChI=1S/C16H22N4O2S/c1-9(2)8-19-13(21)10(3)23-15-12(7-18)16(4,5)11(6-17)14(22)20-15/h9-11H,8H2,1-5H3,(H,19,21)(H,20,22)/t10-,11-/m1/s1. The Balaban J connectivity index is 3.00. The van der Waals surface area contributed by atoms with Gasteiger partial charge in [0.05, 0.1) is 28.0 Å². The Morgan fingerprint density at radius 1 is 1.39 bits per heavy atom. The van der Waals surface area contributed by atoms with Gasteiger partial charge in [-0.05, 0) is 12.8 Å². The maximum Gasteiger partial charge on any atom is 0.243 e. The van der Waals surface area contributed by atoms with Gasteiger partial charge in [-0.3, -0.25) is 9.59 Å². The Labute approximate surface area is 141 Å². The average Bonchev–Trinajstić information content (AvgIpc) is 2.44. The van der Waals surface area contributed by atoms with Crippen LogP contribution in [0.3, 0.4) is 0 Å². The molecule has 0 aromatic rings. The van der Waals surface area contributed by atoms with Gasteiger partial charge in [-0.25, -0.2) is 0 Å². The highest BCUT2D eigenvalue weighted by Crippen LogP contribution is 2.42. The third kappa shape index (κ3) is 4.27. The van der Waals surface area contributed by atoms with Crippen molar-refractivity contribution in [3.05, 3.63) is 10.6 Å². The summed E-state index contributed by atoms with van der Waals surface area (Å²) in [7, 11) is 0. The highest BCUT2D eigenvalue weighted by molar-refractivity contribution is 8.04. The van der Waals surface area contributed by atoms with E-state index in [1.807, 2.05) is 19.9 Å². The number of allylic oxidation sites excluding steroid dienone is 1. The SMILES string of the molecule is CC(C)CNC(=O)[C@@H](C)SC1=C(C#N)C(C)(C)[C@H](C#N)C(=O)N1. The van der Waals surface area contributed by atoms with Crippen molar-refractivity contribution in [2.24, 2.45) is 17.3 Å². The Morgan fingerprint density at radius 3 is 2.48 bits per heavy atom. The van der Waals surface area contributed by atoms with Gasteiger partial charge in [-0.1, -0.05) is 39.5 Å². The van der Waals surface area contributed by atoms with Crippen LogP contribution in [0.4, 0.5) is 0 Å². The molecule has 2 atom stereocenters. The van der Waals surface area contributed by atoms with E-state index in [2.05, 4.69) is 16.7 Å². The van der Waals surface area contributed by atoms with E-state index in [-0.39, 0.29) is 5.91 Å². The molecule has 0 radical (unpaired) electrons. The van der Waals surface area contributed by atoms with Crippen molar-refractivity contribution in [1.29, 1.82) is 10.5 Å². The molecule has 124 valence electrons. The summed E-state index contributed by atoms with van der Waals surface area (Å²) in [5, 5.41) is 24.0. The molecule has 0 aliphatic carbocycles. The van der Waals surface area contributed by atoms with Crippen LogP contribution in [0.15, 0.2) is 10.6 Å². The highest BCUT2D eigenvalue weighted by atomic mass is 32.2. The summed E-state index contributed by atoms with van der Waals surface area (Å²) in [6.45, 7) is 9.69. The van der Waals surface area contributed by atoms with Gasteiger partial charge in [0.25, 0.3) is 0 Å². The van der Waals surface area contributed by atoms with Crippen molar-refractivity contribution in [2.75, 3.05) is 6.54 Å². The Kier molecular flexibility index (Phi) is 6.23. The van der Waals surface area contributed by atoms with E-state index in [0.29, 0.717) is 23.1 Å². The Bertz CT molecular complexity index is 611. The van der Waals surface area contributed by atoms with Crippen molar-refractivity contribution in [3.8, 4) is 12.1 Å². The number of carbonyl (C=O) groups excluding carboxylic acids is 2. The summed E-state index contributed by atoms with van der Waals surface area (Å²) < 4.78 is 0. The monoisotopic (exact) mass is 334 g/mol. The number of nitrogens with one attached hydrogen (secondary N) is 2. The molecule has 1 rings (SSSR count). The first-order chi connectivity index (χ1) is 10.6. The van der Waals surface area contributed by atoms with Crippen LogP contribution in [0, 0.1) is 39.9 Å².